The zero-order valence-corrected chi connectivity index (χ0v) is 12.1. The number of carboxylic acid groups (broad SMARTS) is 1. The number of aliphatic carboxylic acids is 1. The van der Waals surface area contributed by atoms with E-state index >= 15 is 0 Å². The Hall–Kier alpha value is -2.37. The number of carbonyl (C=O) groups is 3. The van der Waals surface area contributed by atoms with Crippen molar-refractivity contribution in [3.8, 4) is 0 Å². The van der Waals surface area contributed by atoms with E-state index in [1.807, 2.05) is 6.92 Å². The Labute approximate surface area is 123 Å². The molecule has 6 nitrogen and oxygen atoms in total. The summed E-state index contributed by atoms with van der Waals surface area (Å²) in [5.41, 5.74) is 0.446. The summed E-state index contributed by atoms with van der Waals surface area (Å²) < 4.78 is 0. The molecule has 3 N–H and O–H groups in total. The van der Waals surface area contributed by atoms with Gasteiger partial charge in [0.25, 0.3) is 5.91 Å². The van der Waals surface area contributed by atoms with E-state index in [0.717, 1.165) is 0 Å². The summed E-state index contributed by atoms with van der Waals surface area (Å²) in [7, 11) is 0. The third kappa shape index (κ3) is 5.25. The van der Waals surface area contributed by atoms with Gasteiger partial charge in [0.05, 0.1) is 6.54 Å². The van der Waals surface area contributed by atoms with E-state index in [0.29, 0.717) is 12.0 Å². The molecule has 2 atom stereocenters. The van der Waals surface area contributed by atoms with Crippen LogP contribution in [0.4, 0.5) is 0 Å². The molecule has 1 unspecified atom stereocenters. The fourth-order valence-corrected chi connectivity index (χ4v) is 1.76. The fraction of sp³-hybridized carbons (Fsp3) is 0.400. The molecule has 21 heavy (non-hydrogen) atoms. The Kier molecular flexibility index (Phi) is 6.39. The molecule has 0 aliphatic heterocycles. The maximum atomic E-state index is 11.8. The van der Waals surface area contributed by atoms with Crippen molar-refractivity contribution in [2.45, 2.75) is 26.3 Å². The third-order valence-electron chi connectivity index (χ3n) is 3.24. The van der Waals surface area contributed by atoms with E-state index in [-0.39, 0.29) is 18.4 Å². The largest absolute Gasteiger partial charge is 0.480 e. The summed E-state index contributed by atoms with van der Waals surface area (Å²) in [6.07, 6.45) is 0.633. The van der Waals surface area contributed by atoms with E-state index in [1.54, 1.807) is 37.3 Å². The third-order valence-corrected chi connectivity index (χ3v) is 3.24. The Morgan fingerprint density at radius 1 is 1.19 bits per heavy atom. The highest BCUT2D eigenvalue weighted by molar-refractivity contribution is 5.96. The molecule has 0 saturated heterocycles. The molecule has 0 fully saturated rings. The number of benzene rings is 1. The summed E-state index contributed by atoms with van der Waals surface area (Å²) >= 11 is 0. The first-order valence-electron chi connectivity index (χ1n) is 6.81. The second-order valence-corrected chi connectivity index (χ2v) is 4.82. The summed E-state index contributed by atoms with van der Waals surface area (Å²) in [6.45, 7) is 3.35. The molecule has 114 valence electrons. The van der Waals surface area contributed by atoms with Crippen LogP contribution in [0.3, 0.4) is 0 Å². The SMILES string of the molecule is CCC(C)[C@H](NC(=O)CNC(=O)c1ccccc1)C(=O)O. The number of hydrogen-bond donors (Lipinski definition) is 3. The Morgan fingerprint density at radius 2 is 1.81 bits per heavy atom. The molecule has 0 radical (unpaired) electrons. The average molecular weight is 292 g/mol. The van der Waals surface area contributed by atoms with Crippen molar-refractivity contribution in [1.29, 1.82) is 0 Å². The highest BCUT2D eigenvalue weighted by Gasteiger charge is 2.25. The van der Waals surface area contributed by atoms with Crippen LogP contribution in [0.2, 0.25) is 0 Å². The molecule has 0 saturated carbocycles. The van der Waals surface area contributed by atoms with Gasteiger partial charge in [0.15, 0.2) is 0 Å². The van der Waals surface area contributed by atoms with Gasteiger partial charge < -0.3 is 15.7 Å². The maximum absolute atomic E-state index is 11.8. The predicted molar refractivity (Wildman–Crippen MR) is 77.8 cm³/mol. The zero-order valence-electron chi connectivity index (χ0n) is 12.1. The molecule has 0 bridgehead atoms. The Balaban J connectivity index is 2.50. The second kappa shape index (κ2) is 8.04. The first-order valence-corrected chi connectivity index (χ1v) is 6.81. The van der Waals surface area contributed by atoms with E-state index in [9.17, 15) is 14.4 Å². The molecule has 0 heterocycles. The van der Waals surface area contributed by atoms with Crippen LogP contribution in [0.5, 0.6) is 0 Å². The first-order chi connectivity index (χ1) is 9.95. The van der Waals surface area contributed by atoms with Crippen LogP contribution in [0, 0.1) is 5.92 Å². The zero-order chi connectivity index (χ0) is 15.8. The number of amides is 2. The summed E-state index contributed by atoms with van der Waals surface area (Å²) in [5.74, 6) is -2.16. The van der Waals surface area contributed by atoms with Crippen molar-refractivity contribution in [3.63, 3.8) is 0 Å². The monoisotopic (exact) mass is 292 g/mol. The number of carbonyl (C=O) groups excluding carboxylic acids is 2. The summed E-state index contributed by atoms with van der Waals surface area (Å²) in [4.78, 5) is 34.6. The minimum Gasteiger partial charge on any atom is -0.480 e. The van der Waals surface area contributed by atoms with Gasteiger partial charge in [-0.1, -0.05) is 38.5 Å². The average Bonchev–Trinajstić information content (AvgIpc) is 2.50. The number of rotatable bonds is 7. The molecule has 0 aliphatic carbocycles. The van der Waals surface area contributed by atoms with Crippen LogP contribution in [0.15, 0.2) is 30.3 Å². The minimum atomic E-state index is -1.08. The molecule has 2 amide bonds. The van der Waals surface area contributed by atoms with Crippen LogP contribution in [0.25, 0.3) is 0 Å². The van der Waals surface area contributed by atoms with Crippen molar-refractivity contribution < 1.29 is 19.5 Å². The predicted octanol–water partition coefficient (Wildman–Crippen LogP) is 1.03. The van der Waals surface area contributed by atoms with Crippen molar-refractivity contribution in [1.82, 2.24) is 10.6 Å². The minimum absolute atomic E-state index is 0.184. The Bertz CT molecular complexity index is 502. The number of carboxylic acids is 1. The van der Waals surface area contributed by atoms with Crippen LogP contribution < -0.4 is 10.6 Å². The molecule has 0 aromatic heterocycles. The lowest BCUT2D eigenvalue weighted by Crippen LogP contribution is -2.48. The van der Waals surface area contributed by atoms with Gasteiger partial charge in [0, 0.05) is 5.56 Å². The second-order valence-electron chi connectivity index (χ2n) is 4.82. The Morgan fingerprint density at radius 3 is 2.33 bits per heavy atom. The lowest BCUT2D eigenvalue weighted by molar-refractivity contribution is -0.143. The van der Waals surface area contributed by atoms with Gasteiger partial charge in [-0.25, -0.2) is 4.79 Å². The van der Waals surface area contributed by atoms with Crippen LogP contribution in [0.1, 0.15) is 30.6 Å². The van der Waals surface area contributed by atoms with Crippen molar-refractivity contribution in [2.75, 3.05) is 6.54 Å². The van der Waals surface area contributed by atoms with E-state index < -0.39 is 17.9 Å². The van der Waals surface area contributed by atoms with Gasteiger partial charge >= 0.3 is 5.97 Å². The quantitative estimate of drug-likeness (QED) is 0.699. The highest BCUT2D eigenvalue weighted by atomic mass is 16.4. The van der Waals surface area contributed by atoms with Crippen LogP contribution >= 0.6 is 0 Å². The lowest BCUT2D eigenvalue weighted by atomic mass is 9.99. The van der Waals surface area contributed by atoms with E-state index in [1.165, 1.54) is 0 Å². The molecule has 1 aromatic rings. The standard InChI is InChI=1S/C15H20N2O4/c1-3-10(2)13(15(20)21)17-12(18)9-16-14(19)11-7-5-4-6-8-11/h4-8,10,13H,3,9H2,1-2H3,(H,16,19)(H,17,18)(H,20,21)/t10?,13-/m0/s1. The fourth-order valence-electron chi connectivity index (χ4n) is 1.76. The van der Waals surface area contributed by atoms with Crippen molar-refractivity contribution in [3.05, 3.63) is 35.9 Å². The van der Waals surface area contributed by atoms with Gasteiger partial charge in [-0.2, -0.15) is 0 Å². The first kappa shape index (κ1) is 16.7. The lowest BCUT2D eigenvalue weighted by Gasteiger charge is -2.20. The van der Waals surface area contributed by atoms with Gasteiger partial charge in [-0.05, 0) is 18.1 Å². The molecule has 1 aromatic carbocycles. The van der Waals surface area contributed by atoms with Gasteiger partial charge in [0.2, 0.25) is 5.91 Å². The maximum Gasteiger partial charge on any atom is 0.326 e. The van der Waals surface area contributed by atoms with E-state index in [4.69, 9.17) is 5.11 Å². The number of nitrogens with one attached hydrogen (secondary N) is 2. The van der Waals surface area contributed by atoms with Crippen LogP contribution in [-0.2, 0) is 9.59 Å². The summed E-state index contributed by atoms with van der Waals surface area (Å²) in [5, 5.41) is 14.0. The topological polar surface area (TPSA) is 95.5 Å². The molecule has 6 heteroatoms. The van der Waals surface area contributed by atoms with Gasteiger partial charge in [0.1, 0.15) is 6.04 Å². The van der Waals surface area contributed by atoms with Crippen LogP contribution in [-0.4, -0.2) is 35.5 Å². The smallest absolute Gasteiger partial charge is 0.326 e. The van der Waals surface area contributed by atoms with E-state index in [2.05, 4.69) is 10.6 Å². The molecular weight excluding hydrogens is 272 g/mol. The normalized spacial score (nSPS) is 13.0. The van der Waals surface area contributed by atoms with Crippen molar-refractivity contribution in [2.24, 2.45) is 5.92 Å². The van der Waals surface area contributed by atoms with Crippen molar-refractivity contribution >= 4 is 17.8 Å². The summed E-state index contributed by atoms with van der Waals surface area (Å²) in [6, 6.07) is 7.54. The molecule has 1 rings (SSSR count). The number of hydrogen-bond acceptors (Lipinski definition) is 3. The molecule has 0 aliphatic rings. The molecule has 0 spiro atoms. The molecular formula is C15H20N2O4. The van der Waals surface area contributed by atoms with Gasteiger partial charge in [-0.3, -0.25) is 9.59 Å². The highest BCUT2D eigenvalue weighted by Crippen LogP contribution is 2.07. The van der Waals surface area contributed by atoms with Gasteiger partial charge in [-0.15, -0.1) is 0 Å².